The van der Waals surface area contributed by atoms with Gasteiger partial charge in [-0.05, 0) is 50.8 Å². The summed E-state index contributed by atoms with van der Waals surface area (Å²) < 4.78 is 60.7. The summed E-state index contributed by atoms with van der Waals surface area (Å²) in [7, 11) is -8.00. The quantitative estimate of drug-likeness (QED) is 0.0287. The molecule has 0 heterocycles. The van der Waals surface area contributed by atoms with Gasteiger partial charge in [0.15, 0.2) is 0 Å². The third kappa shape index (κ3) is 48.5. The first-order valence-electron chi connectivity index (χ1n) is 17.3. The van der Waals surface area contributed by atoms with Gasteiger partial charge in [0.1, 0.15) is 0 Å². The maximum absolute atomic E-state index is 11.5. The van der Waals surface area contributed by atoms with Crippen LogP contribution in [0.4, 0.5) is 0 Å². The molecule has 13 heteroatoms. The van der Waals surface area contributed by atoms with Crippen LogP contribution >= 0.6 is 0 Å². The van der Waals surface area contributed by atoms with Gasteiger partial charge in [-0.15, -0.1) is 0 Å². The molecule has 0 saturated carbocycles. The third-order valence-corrected chi connectivity index (χ3v) is 8.84. The predicted molar refractivity (Wildman–Crippen MR) is 184 cm³/mol. The van der Waals surface area contributed by atoms with Crippen LogP contribution in [-0.2, 0) is 25.0 Å². The molecule has 0 bridgehead atoms. The number of amides is 1. The standard InChI is InChI=1S/2C16H33NO4S.Ca/c2*1-2-3-4-5-6-7-8-9-10-13-16(18)17-14-11-12-15-22(19,20)21;/h2*2-15H2,1H3,(H,17,18)(H,19,20,21);/q;;+2/p-2. The fraction of sp³-hybridized carbons (Fsp3) is 0.938. The van der Waals surface area contributed by atoms with Crippen LogP contribution in [0.25, 0.3) is 0 Å². The molecule has 45 heavy (non-hydrogen) atoms. The molecule has 2 N–H and O–H groups in total. The van der Waals surface area contributed by atoms with E-state index in [0.29, 0.717) is 45.2 Å². The Morgan fingerprint density at radius 3 is 1.49 bits per heavy atom. The number of carbonyl (C=O) groups excluding carboxylic acids is 1. The molecule has 0 rings (SSSR count). The van der Waals surface area contributed by atoms with Crippen molar-refractivity contribution in [2.45, 2.75) is 168 Å². The average Bonchev–Trinajstić information content (AvgIpc) is 2.94. The normalized spacial score (nSPS) is 11.9. The van der Waals surface area contributed by atoms with Crippen molar-refractivity contribution in [3.63, 3.8) is 0 Å². The molecule has 0 fully saturated rings. The number of nitrogens with zero attached hydrogens (tertiary/aromatic N) is 1. The molecule has 0 aliphatic rings. The van der Waals surface area contributed by atoms with Gasteiger partial charge in [-0.2, -0.15) is 8.42 Å². The van der Waals surface area contributed by atoms with Crippen LogP contribution < -0.4 is 10.4 Å². The van der Waals surface area contributed by atoms with Crippen LogP contribution in [0.5, 0.6) is 0 Å². The summed E-state index contributed by atoms with van der Waals surface area (Å²) in [6, 6.07) is 0. The van der Waals surface area contributed by atoms with E-state index in [2.05, 4.69) is 24.2 Å². The molecular formula is C32H64CaN2O8S2. The molecule has 0 aromatic rings. The zero-order chi connectivity index (χ0) is 33.4. The van der Waals surface area contributed by atoms with Crippen LogP contribution in [0, 0.1) is 0 Å². The second kappa shape index (κ2) is 35.3. The summed E-state index contributed by atoms with van der Waals surface area (Å²) >= 11 is 0. The average molecular weight is 709 g/mol. The maximum atomic E-state index is 11.5. The summed E-state index contributed by atoms with van der Waals surface area (Å²) in [5, 5.41) is 14.2. The van der Waals surface area contributed by atoms with Crippen LogP contribution in [-0.4, -0.2) is 100 Å². The Kier molecular flexibility index (Phi) is 38.8. The van der Waals surface area contributed by atoms with Crippen molar-refractivity contribution in [2.24, 2.45) is 4.99 Å². The van der Waals surface area contributed by atoms with Gasteiger partial charge < -0.3 is 20.0 Å². The fourth-order valence-corrected chi connectivity index (χ4v) is 5.71. The van der Waals surface area contributed by atoms with E-state index < -0.39 is 20.2 Å². The molecule has 1 amide bonds. The molecular weight excluding hydrogens is 645 g/mol. The molecule has 0 aromatic heterocycles. The van der Waals surface area contributed by atoms with E-state index in [1.165, 1.54) is 89.9 Å². The van der Waals surface area contributed by atoms with Gasteiger partial charge >= 0.3 is 37.7 Å². The summed E-state index contributed by atoms with van der Waals surface area (Å²) in [5.41, 5.74) is 0. The zero-order valence-electron chi connectivity index (χ0n) is 28.6. The number of hydrogen-bond donors (Lipinski definition) is 2. The van der Waals surface area contributed by atoms with E-state index >= 15 is 0 Å². The number of rotatable bonds is 30. The largest absolute Gasteiger partial charge is 2.00 e. The van der Waals surface area contributed by atoms with Gasteiger partial charge in [0, 0.05) is 25.3 Å². The number of carbonyl (C=O) groups is 1. The Bertz CT molecular complexity index is 901. The third-order valence-electron chi connectivity index (χ3n) is 7.24. The molecule has 0 aromatic carbocycles. The SMILES string of the molecule is CCCCCCCCCCCC(=O)NCCCCS(=O)(=O)O.CCCCCCCCCCCC([O-])=NCCCCS(=O)(=O)[O-].[Ca+2]. The molecule has 0 aliphatic heterocycles. The molecule has 264 valence electrons. The minimum Gasteiger partial charge on any atom is -0.862 e. The van der Waals surface area contributed by atoms with E-state index in [9.17, 15) is 31.3 Å². The molecule has 0 unspecified atom stereocenters. The van der Waals surface area contributed by atoms with Crippen molar-refractivity contribution in [2.75, 3.05) is 24.6 Å². The van der Waals surface area contributed by atoms with Crippen LogP contribution in [0.15, 0.2) is 4.99 Å². The molecule has 0 atom stereocenters. The van der Waals surface area contributed by atoms with Crippen molar-refractivity contribution in [1.29, 1.82) is 0 Å². The molecule has 0 radical (unpaired) electrons. The predicted octanol–water partition coefficient (Wildman–Crippen LogP) is 6.30. The Morgan fingerprint density at radius 1 is 0.622 bits per heavy atom. The first kappa shape index (κ1) is 49.4. The van der Waals surface area contributed by atoms with Crippen LogP contribution in [0.1, 0.15) is 168 Å². The Hall–Kier alpha value is 0.0197. The van der Waals surface area contributed by atoms with E-state index in [1.807, 2.05) is 0 Å². The number of unbranched alkanes of at least 4 members (excludes halogenated alkanes) is 18. The van der Waals surface area contributed by atoms with Crippen molar-refractivity contribution in [3.05, 3.63) is 0 Å². The summed E-state index contributed by atoms with van der Waals surface area (Å²) in [4.78, 5) is 15.4. The maximum Gasteiger partial charge on any atom is 2.00 e. The smallest absolute Gasteiger partial charge is 0.862 e. The second-order valence-electron chi connectivity index (χ2n) is 11.7. The summed E-state index contributed by atoms with van der Waals surface area (Å²) in [6.07, 6.45) is 24.8. The van der Waals surface area contributed by atoms with Crippen LogP contribution in [0.3, 0.4) is 0 Å². The van der Waals surface area contributed by atoms with Crippen molar-refractivity contribution >= 4 is 69.8 Å². The number of hydrogen-bond acceptors (Lipinski definition) is 8. The zero-order valence-corrected chi connectivity index (χ0v) is 32.4. The van der Waals surface area contributed by atoms with Gasteiger partial charge in [0.05, 0.1) is 15.9 Å². The first-order chi connectivity index (χ1) is 20.9. The van der Waals surface area contributed by atoms with E-state index in [-0.39, 0.29) is 67.5 Å². The van der Waals surface area contributed by atoms with Gasteiger partial charge in [-0.3, -0.25) is 9.35 Å². The Balaban J connectivity index is -0.000000767. The van der Waals surface area contributed by atoms with Gasteiger partial charge in [-0.25, -0.2) is 8.42 Å². The Morgan fingerprint density at radius 2 is 1.04 bits per heavy atom. The van der Waals surface area contributed by atoms with Gasteiger partial charge in [0.2, 0.25) is 5.91 Å². The van der Waals surface area contributed by atoms with E-state index in [4.69, 9.17) is 4.55 Å². The molecule has 0 spiro atoms. The minimum atomic E-state index is -4.13. The van der Waals surface area contributed by atoms with Gasteiger partial charge in [0.25, 0.3) is 10.1 Å². The Labute approximate surface area is 306 Å². The molecule has 0 aliphatic carbocycles. The summed E-state index contributed by atoms with van der Waals surface area (Å²) in [5.74, 6) is -0.668. The number of nitrogens with one attached hydrogen (secondary N) is 1. The first-order valence-corrected chi connectivity index (χ1v) is 20.5. The minimum absolute atomic E-state index is 0. The second-order valence-corrected chi connectivity index (χ2v) is 14.8. The van der Waals surface area contributed by atoms with E-state index in [1.54, 1.807) is 0 Å². The fourth-order valence-electron chi connectivity index (χ4n) is 4.58. The van der Waals surface area contributed by atoms with Crippen LogP contribution in [0.2, 0.25) is 0 Å². The van der Waals surface area contributed by atoms with Crippen molar-refractivity contribution in [3.8, 4) is 0 Å². The number of aliphatic imine (C=N–C) groups is 1. The van der Waals surface area contributed by atoms with Gasteiger partial charge in [-0.1, -0.05) is 117 Å². The monoisotopic (exact) mass is 708 g/mol. The van der Waals surface area contributed by atoms with Crippen molar-refractivity contribution in [1.82, 2.24) is 5.32 Å². The molecule has 10 nitrogen and oxygen atoms in total. The topological polar surface area (TPSA) is 176 Å². The summed E-state index contributed by atoms with van der Waals surface area (Å²) in [6.45, 7) is 5.24. The van der Waals surface area contributed by atoms with E-state index in [0.717, 1.165) is 25.7 Å². The molecule has 0 saturated heterocycles. The van der Waals surface area contributed by atoms with Crippen molar-refractivity contribution < 1.29 is 35.8 Å².